The van der Waals surface area contributed by atoms with Crippen molar-refractivity contribution in [3.63, 3.8) is 0 Å². The molecule has 0 fully saturated rings. The summed E-state index contributed by atoms with van der Waals surface area (Å²) in [5.74, 6) is -2.24. The van der Waals surface area contributed by atoms with Crippen LogP contribution in [0, 0.1) is 11.6 Å². The maximum absolute atomic E-state index is 14.3. The van der Waals surface area contributed by atoms with Gasteiger partial charge in [0, 0.05) is 27.7 Å². The van der Waals surface area contributed by atoms with E-state index in [4.69, 9.17) is 11.6 Å². The maximum atomic E-state index is 14.3. The summed E-state index contributed by atoms with van der Waals surface area (Å²) in [6.07, 6.45) is -0.505. The Hall–Kier alpha value is -1.96. The molecular formula is C17H14ClF2NO3S. The van der Waals surface area contributed by atoms with E-state index < -0.39 is 33.3 Å². The number of hydrogen-bond donors (Lipinski definition) is 2. The molecule has 0 aliphatic rings. The number of aromatic nitrogens is 1. The third kappa shape index (κ3) is 3.53. The highest BCUT2D eigenvalue weighted by atomic mass is 35.5. The minimum Gasteiger partial charge on any atom is -0.386 e. The monoisotopic (exact) mass is 385 g/mol. The van der Waals surface area contributed by atoms with Crippen LogP contribution >= 0.6 is 11.6 Å². The second-order valence-electron chi connectivity index (χ2n) is 5.81. The van der Waals surface area contributed by atoms with Gasteiger partial charge in [-0.2, -0.15) is 0 Å². The zero-order valence-electron chi connectivity index (χ0n) is 13.1. The van der Waals surface area contributed by atoms with Crippen molar-refractivity contribution in [1.82, 2.24) is 4.98 Å². The molecule has 0 radical (unpaired) electrons. The minimum atomic E-state index is -3.52. The zero-order chi connectivity index (χ0) is 18.4. The molecule has 3 aromatic rings. The first-order valence-electron chi connectivity index (χ1n) is 7.28. The molecule has 1 unspecified atom stereocenters. The first-order chi connectivity index (χ1) is 11.7. The Kier molecular flexibility index (Phi) is 4.57. The van der Waals surface area contributed by atoms with Crippen molar-refractivity contribution in [3.05, 3.63) is 58.7 Å². The highest BCUT2D eigenvalue weighted by Crippen LogP contribution is 2.39. The molecule has 3 rings (SSSR count). The van der Waals surface area contributed by atoms with Gasteiger partial charge >= 0.3 is 0 Å². The molecule has 1 aromatic heterocycles. The van der Waals surface area contributed by atoms with Gasteiger partial charge in [0.1, 0.15) is 27.6 Å². The second-order valence-corrected chi connectivity index (χ2v) is 8.43. The molecule has 1 atom stereocenters. The molecule has 1 heterocycles. The van der Waals surface area contributed by atoms with E-state index in [1.165, 1.54) is 12.1 Å². The summed E-state index contributed by atoms with van der Waals surface area (Å²) in [4.78, 5) is 2.86. The predicted octanol–water partition coefficient (Wildman–Crippen LogP) is 3.84. The lowest BCUT2D eigenvalue weighted by molar-refractivity contribution is 0.198. The van der Waals surface area contributed by atoms with Gasteiger partial charge in [0.15, 0.2) is 0 Å². The molecule has 0 saturated carbocycles. The quantitative estimate of drug-likeness (QED) is 0.716. The highest BCUT2D eigenvalue weighted by molar-refractivity contribution is 7.90. The smallest absolute Gasteiger partial charge is 0.150 e. The number of sulfone groups is 1. The lowest BCUT2D eigenvalue weighted by Crippen LogP contribution is -2.14. The van der Waals surface area contributed by atoms with Crippen LogP contribution in [0.5, 0.6) is 0 Å². The fourth-order valence-electron chi connectivity index (χ4n) is 2.81. The number of hydrogen-bond acceptors (Lipinski definition) is 3. The number of aromatic amines is 1. The number of nitrogens with one attached hydrogen (secondary N) is 1. The second kappa shape index (κ2) is 6.40. The molecule has 25 heavy (non-hydrogen) atoms. The number of H-pyrrole nitrogens is 1. The summed E-state index contributed by atoms with van der Waals surface area (Å²) in [6, 6.07) is 8.09. The third-order valence-corrected chi connectivity index (χ3v) is 4.95. The van der Waals surface area contributed by atoms with Gasteiger partial charge in [-0.05, 0) is 30.3 Å². The first-order valence-corrected chi connectivity index (χ1v) is 9.72. The molecule has 0 amide bonds. The molecule has 0 spiro atoms. The average Bonchev–Trinajstić information content (AvgIpc) is 2.84. The van der Waals surface area contributed by atoms with Crippen molar-refractivity contribution in [2.45, 2.75) is 6.10 Å². The van der Waals surface area contributed by atoms with Crippen LogP contribution in [0.3, 0.4) is 0 Å². The van der Waals surface area contributed by atoms with E-state index in [-0.39, 0.29) is 16.8 Å². The Labute approximate surface area is 148 Å². The number of aliphatic hydroxyl groups is 1. The zero-order valence-corrected chi connectivity index (χ0v) is 14.6. The molecule has 132 valence electrons. The van der Waals surface area contributed by atoms with Crippen LogP contribution in [0.25, 0.3) is 22.0 Å². The summed E-state index contributed by atoms with van der Waals surface area (Å²) in [5, 5.41) is 11.1. The van der Waals surface area contributed by atoms with Crippen molar-refractivity contribution in [2.24, 2.45) is 0 Å². The first kappa shape index (κ1) is 17.8. The van der Waals surface area contributed by atoms with Crippen molar-refractivity contribution >= 4 is 32.3 Å². The molecule has 0 saturated heterocycles. The van der Waals surface area contributed by atoms with Gasteiger partial charge < -0.3 is 10.1 Å². The minimum absolute atomic E-state index is 0.0201. The van der Waals surface area contributed by atoms with Gasteiger partial charge in [-0.15, -0.1) is 0 Å². The topological polar surface area (TPSA) is 70.2 Å². The van der Waals surface area contributed by atoms with Crippen LogP contribution in [0.2, 0.25) is 5.02 Å². The number of rotatable bonds is 4. The Morgan fingerprint density at radius 1 is 1.16 bits per heavy atom. The lowest BCUT2D eigenvalue weighted by atomic mass is 9.99. The Balaban J connectivity index is 2.34. The van der Waals surface area contributed by atoms with Crippen molar-refractivity contribution in [2.75, 3.05) is 12.0 Å². The normalized spacial score (nSPS) is 13.3. The van der Waals surface area contributed by atoms with E-state index >= 15 is 0 Å². The molecular weight excluding hydrogens is 372 g/mol. The van der Waals surface area contributed by atoms with E-state index in [0.29, 0.717) is 15.9 Å². The van der Waals surface area contributed by atoms with Gasteiger partial charge in [0.25, 0.3) is 0 Å². The molecule has 8 heteroatoms. The molecule has 2 N–H and O–H groups in total. The predicted molar refractivity (Wildman–Crippen MR) is 93.3 cm³/mol. The lowest BCUT2D eigenvalue weighted by Gasteiger charge is -2.12. The van der Waals surface area contributed by atoms with E-state index in [1.54, 1.807) is 12.1 Å². The van der Waals surface area contributed by atoms with Crippen LogP contribution in [0.1, 0.15) is 11.8 Å². The molecule has 4 nitrogen and oxygen atoms in total. The van der Waals surface area contributed by atoms with E-state index in [0.717, 1.165) is 18.4 Å². The van der Waals surface area contributed by atoms with Crippen LogP contribution in [-0.2, 0) is 9.84 Å². The summed E-state index contributed by atoms with van der Waals surface area (Å²) >= 11 is 5.99. The number of fused-ring (bicyclic) bond motifs is 1. The van der Waals surface area contributed by atoms with Gasteiger partial charge in [-0.25, -0.2) is 17.2 Å². The van der Waals surface area contributed by atoms with Crippen molar-refractivity contribution in [1.29, 1.82) is 0 Å². The van der Waals surface area contributed by atoms with Gasteiger partial charge in [-0.1, -0.05) is 17.7 Å². The van der Waals surface area contributed by atoms with Crippen molar-refractivity contribution < 1.29 is 22.3 Å². The molecule has 0 aliphatic carbocycles. The Morgan fingerprint density at radius 2 is 1.80 bits per heavy atom. The fraction of sp³-hybridized carbons (Fsp3) is 0.176. The number of aliphatic hydroxyl groups excluding tert-OH is 1. The van der Waals surface area contributed by atoms with Crippen LogP contribution in [0.15, 0.2) is 36.4 Å². The summed E-state index contributed by atoms with van der Waals surface area (Å²) in [6.45, 7) is 0. The number of benzene rings is 2. The van der Waals surface area contributed by atoms with Gasteiger partial charge in [0.05, 0.1) is 17.0 Å². The summed E-state index contributed by atoms with van der Waals surface area (Å²) in [5.41, 5.74) is 0.208. The van der Waals surface area contributed by atoms with E-state index in [2.05, 4.69) is 4.98 Å². The van der Waals surface area contributed by atoms with E-state index in [1.807, 2.05) is 0 Å². The molecule has 0 bridgehead atoms. The third-order valence-electron chi connectivity index (χ3n) is 3.80. The van der Waals surface area contributed by atoms with Gasteiger partial charge in [0.2, 0.25) is 0 Å². The maximum Gasteiger partial charge on any atom is 0.150 e. The van der Waals surface area contributed by atoms with E-state index in [9.17, 15) is 22.3 Å². The Bertz CT molecular complexity index is 1040. The largest absolute Gasteiger partial charge is 0.386 e. The summed E-state index contributed by atoms with van der Waals surface area (Å²) < 4.78 is 51.7. The molecule has 0 aliphatic heterocycles. The molecule has 2 aromatic carbocycles. The Morgan fingerprint density at radius 3 is 2.40 bits per heavy atom. The highest BCUT2D eigenvalue weighted by Gasteiger charge is 2.26. The standard InChI is InChI=1S/C17H14ClF2NO3S/c1-25(23,24)8-14(22)17-15(16-11(19)3-2-4-12(16)20)10-7-9(18)5-6-13(10)21-17/h2-7,14,21-22H,8H2,1H3. The SMILES string of the molecule is CS(=O)(=O)CC(O)c1[nH]c2ccc(Cl)cc2c1-c1c(F)cccc1F. The average molecular weight is 386 g/mol. The van der Waals surface area contributed by atoms with Crippen LogP contribution < -0.4 is 0 Å². The fourth-order valence-corrected chi connectivity index (χ4v) is 3.72. The van der Waals surface area contributed by atoms with Gasteiger partial charge in [-0.3, -0.25) is 0 Å². The summed E-state index contributed by atoms with van der Waals surface area (Å²) in [7, 11) is -3.52. The van der Waals surface area contributed by atoms with Crippen LogP contribution in [-0.4, -0.2) is 30.5 Å². The van der Waals surface area contributed by atoms with Crippen molar-refractivity contribution in [3.8, 4) is 11.1 Å². The van der Waals surface area contributed by atoms with Crippen LogP contribution in [0.4, 0.5) is 8.78 Å². The number of halogens is 3.